The van der Waals surface area contributed by atoms with E-state index in [1.807, 2.05) is 12.3 Å². The van der Waals surface area contributed by atoms with Gasteiger partial charge in [-0.1, -0.05) is 26.3 Å². The fourth-order valence-corrected chi connectivity index (χ4v) is 3.69. The normalized spacial score (nSPS) is 25.8. The van der Waals surface area contributed by atoms with Crippen LogP contribution in [-0.2, 0) is 0 Å². The van der Waals surface area contributed by atoms with Gasteiger partial charge in [0, 0.05) is 18.3 Å². The molecule has 0 aliphatic heterocycles. The summed E-state index contributed by atoms with van der Waals surface area (Å²) in [6.07, 6.45) is 9.52. The summed E-state index contributed by atoms with van der Waals surface area (Å²) < 4.78 is 0. The van der Waals surface area contributed by atoms with E-state index in [2.05, 4.69) is 42.9 Å². The molecule has 0 saturated heterocycles. The van der Waals surface area contributed by atoms with Crippen LogP contribution in [0.1, 0.15) is 64.1 Å². The number of nitrogens with zero attached hydrogens (tertiary/aromatic N) is 2. The molecule has 0 aromatic carbocycles. The van der Waals surface area contributed by atoms with E-state index >= 15 is 0 Å². The van der Waals surface area contributed by atoms with Crippen molar-refractivity contribution in [3.05, 3.63) is 30.1 Å². The summed E-state index contributed by atoms with van der Waals surface area (Å²) in [7, 11) is 2.24. The van der Waals surface area contributed by atoms with Crippen LogP contribution in [0.3, 0.4) is 0 Å². The van der Waals surface area contributed by atoms with E-state index in [9.17, 15) is 0 Å². The van der Waals surface area contributed by atoms with Gasteiger partial charge in [-0.3, -0.25) is 9.88 Å². The van der Waals surface area contributed by atoms with Crippen molar-refractivity contribution in [3.8, 4) is 0 Å². The minimum absolute atomic E-state index is 0.147. The molecule has 2 atom stereocenters. The SMILES string of the molecule is CCC1CCC(N(C)C(c2ccccn2)C(N)CC)CC1. The number of rotatable bonds is 6. The minimum Gasteiger partial charge on any atom is -0.326 e. The van der Waals surface area contributed by atoms with E-state index in [-0.39, 0.29) is 12.1 Å². The van der Waals surface area contributed by atoms with Crippen LogP contribution < -0.4 is 5.73 Å². The summed E-state index contributed by atoms with van der Waals surface area (Å²) in [5, 5.41) is 0. The summed E-state index contributed by atoms with van der Waals surface area (Å²) in [5.74, 6) is 0.933. The van der Waals surface area contributed by atoms with Crippen LogP contribution in [0.4, 0.5) is 0 Å². The van der Waals surface area contributed by atoms with Crippen molar-refractivity contribution < 1.29 is 0 Å². The molecule has 1 heterocycles. The summed E-state index contributed by atoms with van der Waals surface area (Å²) in [6, 6.07) is 7.20. The van der Waals surface area contributed by atoms with Crippen LogP contribution in [0, 0.1) is 5.92 Å². The molecule has 2 N–H and O–H groups in total. The molecule has 0 spiro atoms. The van der Waals surface area contributed by atoms with Crippen LogP contribution in [0.2, 0.25) is 0 Å². The maximum Gasteiger partial charge on any atom is 0.0673 e. The van der Waals surface area contributed by atoms with Gasteiger partial charge in [0.25, 0.3) is 0 Å². The summed E-state index contributed by atoms with van der Waals surface area (Å²) in [6.45, 7) is 4.49. The van der Waals surface area contributed by atoms with Crippen LogP contribution in [-0.4, -0.2) is 29.0 Å². The molecular formula is C18H31N3. The molecule has 3 nitrogen and oxygen atoms in total. The second-order valence-electron chi connectivity index (χ2n) is 6.52. The molecule has 1 fully saturated rings. The van der Waals surface area contributed by atoms with E-state index in [1.165, 1.54) is 32.1 Å². The Bertz CT molecular complexity index is 398. The molecule has 3 heteroatoms. The van der Waals surface area contributed by atoms with Crippen molar-refractivity contribution >= 4 is 0 Å². The van der Waals surface area contributed by atoms with Gasteiger partial charge in [-0.05, 0) is 57.2 Å². The Hall–Kier alpha value is -0.930. The Morgan fingerprint density at radius 2 is 1.95 bits per heavy atom. The molecule has 2 rings (SSSR count). The Balaban J connectivity index is 2.10. The van der Waals surface area contributed by atoms with E-state index < -0.39 is 0 Å². The van der Waals surface area contributed by atoms with E-state index in [0.29, 0.717) is 6.04 Å². The third-order valence-electron chi connectivity index (χ3n) is 5.28. The van der Waals surface area contributed by atoms with Gasteiger partial charge < -0.3 is 5.73 Å². The number of aromatic nitrogens is 1. The fourth-order valence-electron chi connectivity index (χ4n) is 3.69. The smallest absolute Gasteiger partial charge is 0.0673 e. The lowest BCUT2D eigenvalue weighted by Crippen LogP contribution is -2.45. The first-order valence-electron chi connectivity index (χ1n) is 8.55. The Morgan fingerprint density at radius 1 is 1.24 bits per heavy atom. The first-order valence-corrected chi connectivity index (χ1v) is 8.55. The van der Waals surface area contributed by atoms with E-state index in [1.54, 1.807) is 0 Å². The Labute approximate surface area is 129 Å². The number of pyridine rings is 1. The second kappa shape index (κ2) is 7.90. The van der Waals surface area contributed by atoms with Crippen molar-refractivity contribution in [1.29, 1.82) is 0 Å². The van der Waals surface area contributed by atoms with Crippen molar-refractivity contribution in [1.82, 2.24) is 9.88 Å². The minimum atomic E-state index is 0.147. The lowest BCUT2D eigenvalue weighted by Gasteiger charge is -2.40. The van der Waals surface area contributed by atoms with Crippen LogP contribution in [0.15, 0.2) is 24.4 Å². The molecule has 1 aliphatic carbocycles. The summed E-state index contributed by atoms with van der Waals surface area (Å²) >= 11 is 0. The maximum atomic E-state index is 6.43. The zero-order chi connectivity index (χ0) is 15.2. The van der Waals surface area contributed by atoms with Gasteiger partial charge in [-0.2, -0.15) is 0 Å². The average molecular weight is 289 g/mol. The van der Waals surface area contributed by atoms with Gasteiger partial charge in [0.15, 0.2) is 0 Å². The number of hydrogen-bond donors (Lipinski definition) is 1. The predicted octanol–water partition coefficient (Wildman–Crippen LogP) is 3.76. The average Bonchev–Trinajstić information content (AvgIpc) is 2.55. The maximum absolute atomic E-state index is 6.43. The predicted molar refractivity (Wildman–Crippen MR) is 89.0 cm³/mol. The molecule has 1 aromatic heterocycles. The lowest BCUT2D eigenvalue weighted by atomic mass is 9.83. The van der Waals surface area contributed by atoms with Gasteiger partial charge in [0.05, 0.1) is 11.7 Å². The molecule has 1 saturated carbocycles. The zero-order valence-corrected chi connectivity index (χ0v) is 13.8. The van der Waals surface area contributed by atoms with E-state index in [0.717, 1.165) is 18.0 Å². The monoisotopic (exact) mass is 289 g/mol. The summed E-state index contributed by atoms with van der Waals surface area (Å²) in [4.78, 5) is 7.08. The number of nitrogens with two attached hydrogens (primary N) is 1. The highest BCUT2D eigenvalue weighted by molar-refractivity contribution is 5.12. The summed E-state index contributed by atoms with van der Waals surface area (Å²) in [5.41, 5.74) is 7.55. The Morgan fingerprint density at radius 3 is 2.48 bits per heavy atom. The quantitative estimate of drug-likeness (QED) is 0.867. The fraction of sp³-hybridized carbons (Fsp3) is 0.722. The lowest BCUT2D eigenvalue weighted by molar-refractivity contribution is 0.101. The molecule has 0 bridgehead atoms. The van der Waals surface area contributed by atoms with Crippen molar-refractivity contribution in [2.75, 3.05) is 7.05 Å². The second-order valence-corrected chi connectivity index (χ2v) is 6.52. The highest BCUT2D eigenvalue weighted by atomic mass is 15.2. The topological polar surface area (TPSA) is 42.2 Å². The largest absolute Gasteiger partial charge is 0.326 e. The molecule has 21 heavy (non-hydrogen) atoms. The van der Waals surface area contributed by atoms with Crippen LogP contribution >= 0.6 is 0 Å². The molecule has 1 aromatic rings. The number of likely N-dealkylation sites (N-methyl/N-ethyl adjacent to an activating group) is 1. The van der Waals surface area contributed by atoms with Crippen molar-refractivity contribution in [2.24, 2.45) is 11.7 Å². The first-order chi connectivity index (χ1) is 10.2. The van der Waals surface area contributed by atoms with Gasteiger partial charge in [-0.25, -0.2) is 0 Å². The third-order valence-corrected chi connectivity index (χ3v) is 5.28. The van der Waals surface area contributed by atoms with Gasteiger partial charge in [-0.15, -0.1) is 0 Å². The molecule has 0 radical (unpaired) electrons. The highest BCUT2D eigenvalue weighted by Crippen LogP contribution is 2.33. The van der Waals surface area contributed by atoms with Gasteiger partial charge in [0.1, 0.15) is 0 Å². The molecular weight excluding hydrogens is 258 g/mol. The van der Waals surface area contributed by atoms with Gasteiger partial charge in [0.2, 0.25) is 0 Å². The molecule has 0 amide bonds. The standard InChI is InChI=1S/C18H31N3/c1-4-14-9-11-15(12-10-14)21(3)18(16(19)5-2)17-8-6-7-13-20-17/h6-8,13-16,18H,4-5,9-12,19H2,1-3H3. The van der Waals surface area contributed by atoms with Gasteiger partial charge >= 0.3 is 0 Å². The van der Waals surface area contributed by atoms with Crippen LogP contribution in [0.5, 0.6) is 0 Å². The molecule has 118 valence electrons. The van der Waals surface area contributed by atoms with Crippen molar-refractivity contribution in [2.45, 2.75) is 70.5 Å². The molecule has 2 unspecified atom stereocenters. The highest BCUT2D eigenvalue weighted by Gasteiger charge is 2.31. The first kappa shape index (κ1) is 16.4. The van der Waals surface area contributed by atoms with E-state index in [4.69, 9.17) is 5.73 Å². The molecule has 1 aliphatic rings. The number of hydrogen-bond acceptors (Lipinski definition) is 3. The zero-order valence-electron chi connectivity index (χ0n) is 13.8. The van der Waals surface area contributed by atoms with Crippen molar-refractivity contribution in [3.63, 3.8) is 0 Å². The Kier molecular flexibility index (Phi) is 6.19. The van der Waals surface area contributed by atoms with Crippen LogP contribution in [0.25, 0.3) is 0 Å². The third kappa shape index (κ3) is 4.04.